The molecule has 1 aromatic rings. The van der Waals surface area contributed by atoms with E-state index in [2.05, 4.69) is 5.32 Å². The topological polar surface area (TPSA) is 29.1 Å². The summed E-state index contributed by atoms with van der Waals surface area (Å²) in [6.45, 7) is 0. The molecule has 1 N–H and O–H groups in total. The van der Waals surface area contributed by atoms with Gasteiger partial charge in [-0.15, -0.1) is 11.6 Å². The second kappa shape index (κ2) is 5.24. The van der Waals surface area contributed by atoms with Gasteiger partial charge in [0.05, 0.1) is 5.38 Å². The molecular weight excluding hydrogens is 261 g/mol. The molecule has 1 amide bonds. The number of rotatable bonds is 2. The summed E-state index contributed by atoms with van der Waals surface area (Å²) in [6.07, 6.45) is 0.620. The normalized spacial score (nSPS) is 27.7. The predicted molar refractivity (Wildman–Crippen MR) is 65.3 cm³/mol. The van der Waals surface area contributed by atoms with E-state index < -0.39 is 5.00 Å². The van der Waals surface area contributed by atoms with E-state index in [0.29, 0.717) is 12.0 Å². The van der Waals surface area contributed by atoms with E-state index in [1.165, 1.54) is 0 Å². The van der Waals surface area contributed by atoms with E-state index in [1.54, 1.807) is 24.3 Å². The number of carbonyl (C=O) groups excluding carboxylic acids is 1. The predicted octanol–water partition coefficient (Wildman–Crippen LogP) is 1.45. The number of hydrogen-bond acceptors (Lipinski definition) is 1. The molecule has 5 heteroatoms. The number of halogens is 2. The standard InChI is InChI=1S/C10H9Cl2NO.Ca.2H/c11-8-6-10(8,12)13-9(14)7-4-2-1-3-5-7;;;/h1-5,8H,6H2,(H,13,14);;;. The summed E-state index contributed by atoms with van der Waals surface area (Å²) in [5.41, 5.74) is 0.600. The molecule has 2 unspecified atom stereocenters. The molecule has 0 bridgehead atoms. The molecule has 0 heterocycles. The first-order valence-electron chi connectivity index (χ1n) is 4.32. The molecule has 0 saturated heterocycles. The number of hydrogen-bond donors (Lipinski definition) is 1. The Kier molecular flexibility index (Phi) is 4.75. The van der Waals surface area contributed by atoms with Crippen molar-refractivity contribution < 1.29 is 4.79 Å². The van der Waals surface area contributed by atoms with Crippen molar-refractivity contribution in [1.29, 1.82) is 0 Å². The summed E-state index contributed by atoms with van der Waals surface area (Å²) >= 11 is 11.8. The van der Waals surface area contributed by atoms with Gasteiger partial charge in [-0.25, -0.2) is 0 Å². The van der Waals surface area contributed by atoms with Crippen molar-refractivity contribution in [3.05, 3.63) is 35.9 Å². The number of nitrogens with one attached hydrogen (secondary N) is 1. The molecule has 0 radical (unpaired) electrons. The van der Waals surface area contributed by atoms with Gasteiger partial charge in [-0.1, -0.05) is 29.8 Å². The van der Waals surface area contributed by atoms with Crippen LogP contribution in [0.2, 0.25) is 0 Å². The van der Waals surface area contributed by atoms with Crippen molar-refractivity contribution in [2.24, 2.45) is 0 Å². The average Bonchev–Trinajstić information content (AvgIpc) is 2.75. The molecule has 1 aromatic carbocycles. The summed E-state index contributed by atoms with van der Waals surface area (Å²) < 4.78 is 0. The maximum atomic E-state index is 11.6. The van der Waals surface area contributed by atoms with Gasteiger partial charge in [-0.2, -0.15) is 0 Å². The zero-order valence-electron chi connectivity index (χ0n) is 7.34. The summed E-state index contributed by atoms with van der Waals surface area (Å²) in [5.74, 6) is -0.177. The Morgan fingerprint density at radius 3 is 2.40 bits per heavy atom. The van der Waals surface area contributed by atoms with Gasteiger partial charge in [-0.05, 0) is 12.1 Å². The van der Waals surface area contributed by atoms with Gasteiger partial charge >= 0.3 is 37.7 Å². The van der Waals surface area contributed by atoms with Gasteiger partial charge in [0.1, 0.15) is 5.00 Å². The summed E-state index contributed by atoms with van der Waals surface area (Å²) in [7, 11) is 0. The molecule has 0 aromatic heterocycles. The molecule has 2 atom stereocenters. The van der Waals surface area contributed by atoms with Gasteiger partial charge in [0, 0.05) is 12.0 Å². The van der Waals surface area contributed by atoms with Crippen molar-refractivity contribution in [3.63, 3.8) is 0 Å². The third kappa shape index (κ3) is 3.24. The maximum absolute atomic E-state index is 11.6. The van der Waals surface area contributed by atoms with E-state index >= 15 is 0 Å². The van der Waals surface area contributed by atoms with Crippen molar-refractivity contribution in [2.75, 3.05) is 0 Å². The third-order valence-electron chi connectivity index (χ3n) is 2.17. The van der Waals surface area contributed by atoms with Crippen LogP contribution in [0.4, 0.5) is 0 Å². The van der Waals surface area contributed by atoms with E-state index in [-0.39, 0.29) is 49.0 Å². The zero-order chi connectivity index (χ0) is 10.2. The van der Waals surface area contributed by atoms with Crippen LogP contribution >= 0.6 is 23.2 Å². The van der Waals surface area contributed by atoms with E-state index in [1.807, 2.05) is 6.07 Å². The number of carbonyl (C=O) groups is 1. The van der Waals surface area contributed by atoms with Crippen molar-refractivity contribution in [1.82, 2.24) is 5.32 Å². The molecule has 2 nitrogen and oxygen atoms in total. The van der Waals surface area contributed by atoms with Crippen LogP contribution in [0.5, 0.6) is 0 Å². The molecule has 1 saturated carbocycles. The first-order chi connectivity index (χ1) is 6.62. The Hall–Kier alpha value is 0.530. The van der Waals surface area contributed by atoms with Gasteiger partial charge in [0.25, 0.3) is 5.91 Å². The number of alkyl halides is 2. The van der Waals surface area contributed by atoms with Crippen LogP contribution in [0.15, 0.2) is 30.3 Å². The Labute approximate surface area is 128 Å². The Balaban J connectivity index is 0.00000112. The third-order valence-corrected chi connectivity index (χ3v) is 3.32. The quantitative estimate of drug-likeness (QED) is 0.493. The zero-order valence-corrected chi connectivity index (χ0v) is 8.85. The van der Waals surface area contributed by atoms with Gasteiger partial charge < -0.3 is 5.32 Å². The summed E-state index contributed by atoms with van der Waals surface area (Å²) in [4.78, 5) is 10.9. The van der Waals surface area contributed by atoms with Crippen LogP contribution in [0.1, 0.15) is 16.8 Å². The van der Waals surface area contributed by atoms with Crippen LogP contribution in [0.25, 0.3) is 0 Å². The molecular formula is C10H11CaCl2NO. The first-order valence-corrected chi connectivity index (χ1v) is 5.14. The molecule has 0 aliphatic heterocycles. The van der Waals surface area contributed by atoms with Gasteiger partial charge in [-0.3, -0.25) is 4.79 Å². The van der Waals surface area contributed by atoms with Crippen molar-refractivity contribution >= 4 is 66.8 Å². The Morgan fingerprint density at radius 1 is 1.40 bits per heavy atom. The molecule has 0 spiro atoms. The number of benzene rings is 1. The Bertz CT molecular complexity index is 360. The monoisotopic (exact) mass is 271 g/mol. The van der Waals surface area contributed by atoms with Crippen molar-refractivity contribution in [2.45, 2.75) is 16.8 Å². The Morgan fingerprint density at radius 2 is 1.93 bits per heavy atom. The molecule has 1 aliphatic rings. The van der Waals surface area contributed by atoms with Gasteiger partial charge in [0.2, 0.25) is 0 Å². The van der Waals surface area contributed by atoms with E-state index in [4.69, 9.17) is 23.2 Å². The van der Waals surface area contributed by atoms with E-state index in [0.717, 1.165) is 0 Å². The summed E-state index contributed by atoms with van der Waals surface area (Å²) in [6, 6.07) is 8.94. The average molecular weight is 272 g/mol. The molecule has 78 valence electrons. The molecule has 1 aliphatic carbocycles. The fourth-order valence-electron chi connectivity index (χ4n) is 1.18. The van der Waals surface area contributed by atoms with Crippen LogP contribution in [-0.4, -0.2) is 54.0 Å². The fraction of sp³-hybridized carbons (Fsp3) is 0.300. The minimum atomic E-state index is -0.728. The van der Waals surface area contributed by atoms with E-state index in [9.17, 15) is 4.79 Å². The summed E-state index contributed by atoms with van der Waals surface area (Å²) in [5, 5.41) is 2.54. The molecule has 15 heavy (non-hydrogen) atoms. The van der Waals surface area contributed by atoms with Crippen LogP contribution in [-0.2, 0) is 0 Å². The molecule has 1 fully saturated rings. The van der Waals surface area contributed by atoms with Crippen LogP contribution in [0, 0.1) is 0 Å². The van der Waals surface area contributed by atoms with Crippen LogP contribution in [0.3, 0.4) is 0 Å². The SMILES string of the molecule is O=C(NC1(Cl)CC1Cl)c1ccccc1.[CaH2]. The minimum absolute atomic E-state index is 0. The van der Waals surface area contributed by atoms with Crippen molar-refractivity contribution in [3.8, 4) is 0 Å². The first kappa shape index (κ1) is 13.6. The second-order valence-corrected chi connectivity index (χ2v) is 4.56. The van der Waals surface area contributed by atoms with Crippen LogP contribution < -0.4 is 5.32 Å². The fourth-order valence-corrected chi connectivity index (χ4v) is 1.80. The number of amides is 1. The van der Waals surface area contributed by atoms with Gasteiger partial charge in [0.15, 0.2) is 0 Å². The second-order valence-electron chi connectivity index (χ2n) is 3.35. The molecule has 2 rings (SSSR count).